The quantitative estimate of drug-likeness (QED) is 0.595. The lowest BCUT2D eigenvalue weighted by Crippen LogP contribution is -2.48. The van der Waals surface area contributed by atoms with Gasteiger partial charge in [0, 0.05) is 45.0 Å². The molecule has 4 heteroatoms. The van der Waals surface area contributed by atoms with Crippen LogP contribution in [0.15, 0.2) is 30.3 Å². The first-order valence-electron chi connectivity index (χ1n) is 7.39. The molecular weight excluding hydrogens is 272 g/mol. The molecule has 0 saturated carbocycles. The number of carbonyl (C=O) groups excluding carboxylic acids is 1. The summed E-state index contributed by atoms with van der Waals surface area (Å²) in [4.78, 5) is 16.4. The zero-order valence-electron chi connectivity index (χ0n) is 11.9. The van der Waals surface area contributed by atoms with Gasteiger partial charge in [0.25, 0.3) is 0 Å². The molecule has 1 saturated heterocycles. The summed E-state index contributed by atoms with van der Waals surface area (Å²) in [5.41, 5.74) is 1.34. The molecule has 1 fully saturated rings. The van der Waals surface area contributed by atoms with Gasteiger partial charge in [-0.1, -0.05) is 30.3 Å². The van der Waals surface area contributed by atoms with Crippen LogP contribution < -0.4 is 0 Å². The summed E-state index contributed by atoms with van der Waals surface area (Å²) in [7, 11) is 0. The van der Waals surface area contributed by atoms with Gasteiger partial charge in [0.15, 0.2) is 0 Å². The normalized spacial score (nSPS) is 16.4. The molecule has 0 atom stereocenters. The lowest BCUT2D eigenvalue weighted by atomic mass is 10.2. The number of carbonyl (C=O) groups is 1. The smallest absolute Gasteiger partial charge is 0.222 e. The lowest BCUT2D eigenvalue weighted by Gasteiger charge is -2.34. The van der Waals surface area contributed by atoms with Gasteiger partial charge in [-0.2, -0.15) is 0 Å². The minimum Gasteiger partial charge on any atom is -0.340 e. The number of halogens is 1. The van der Waals surface area contributed by atoms with Crippen LogP contribution >= 0.6 is 11.6 Å². The number of hydrogen-bond donors (Lipinski definition) is 0. The molecule has 0 radical (unpaired) electrons. The molecule has 1 aromatic carbocycles. The van der Waals surface area contributed by atoms with Crippen molar-refractivity contribution >= 4 is 17.5 Å². The number of hydrogen-bond acceptors (Lipinski definition) is 2. The van der Waals surface area contributed by atoms with Crippen LogP contribution in [-0.4, -0.2) is 47.8 Å². The SMILES string of the molecule is O=C(CCCCCl)N1CCN(Cc2ccccc2)CC1. The van der Waals surface area contributed by atoms with Crippen LogP contribution in [0.4, 0.5) is 0 Å². The van der Waals surface area contributed by atoms with E-state index in [1.54, 1.807) is 0 Å². The highest BCUT2D eigenvalue weighted by molar-refractivity contribution is 6.17. The minimum absolute atomic E-state index is 0.287. The van der Waals surface area contributed by atoms with Crippen molar-refractivity contribution in [2.75, 3.05) is 32.1 Å². The number of alkyl halides is 1. The molecule has 110 valence electrons. The highest BCUT2D eigenvalue weighted by Gasteiger charge is 2.20. The van der Waals surface area contributed by atoms with Crippen molar-refractivity contribution in [1.82, 2.24) is 9.80 Å². The molecule has 3 nitrogen and oxygen atoms in total. The van der Waals surface area contributed by atoms with Gasteiger partial charge in [-0.05, 0) is 18.4 Å². The molecule has 0 aliphatic carbocycles. The van der Waals surface area contributed by atoms with Crippen molar-refractivity contribution in [3.8, 4) is 0 Å². The maximum absolute atomic E-state index is 12.0. The molecule has 0 spiro atoms. The fourth-order valence-electron chi connectivity index (χ4n) is 2.53. The van der Waals surface area contributed by atoms with Crippen molar-refractivity contribution in [2.45, 2.75) is 25.8 Å². The Balaban J connectivity index is 1.71. The molecule has 1 aliphatic rings. The van der Waals surface area contributed by atoms with Crippen molar-refractivity contribution in [3.63, 3.8) is 0 Å². The Morgan fingerprint density at radius 3 is 2.40 bits per heavy atom. The number of piperazine rings is 1. The van der Waals surface area contributed by atoms with Crippen molar-refractivity contribution in [3.05, 3.63) is 35.9 Å². The largest absolute Gasteiger partial charge is 0.340 e. The minimum atomic E-state index is 0.287. The predicted molar refractivity (Wildman–Crippen MR) is 82.9 cm³/mol. The molecule has 0 aromatic heterocycles. The molecule has 1 aliphatic heterocycles. The summed E-state index contributed by atoms with van der Waals surface area (Å²) in [6.07, 6.45) is 2.49. The Kier molecular flexibility index (Phi) is 6.34. The van der Waals surface area contributed by atoms with E-state index in [1.165, 1.54) is 5.56 Å². The van der Waals surface area contributed by atoms with Gasteiger partial charge in [-0.15, -0.1) is 11.6 Å². The average Bonchev–Trinajstić information content (AvgIpc) is 2.49. The van der Waals surface area contributed by atoms with E-state index in [1.807, 2.05) is 11.0 Å². The summed E-state index contributed by atoms with van der Waals surface area (Å²) >= 11 is 5.64. The van der Waals surface area contributed by atoms with Gasteiger partial charge in [0.2, 0.25) is 5.91 Å². The summed E-state index contributed by atoms with van der Waals surface area (Å²) in [6, 6.07) is 10.5. The Morgan fingerprint density at radius 2 is 1.75 bits per heavy atom. The van der Waals surface area contributed by atoms with Crippen LogP contribution in [0, 0.1) is 0 Å². The Labute approximate surface area is 126 Å². The molecule has 20 heavy (non-hydrogen) atoms. The average molecular weight is 295 g/mol. The van der Waals surface area contributed by atoms with E-state index in [0.29, 0.717) is 12.3 Å². The predicted octanol–water partition coefficient (Wildman–Crippen LogP) is 2.74. The number of nitrogens with zero attached hydrogens (tertiary/aromatic N) is 2. The van der Waals surface area contributed by atoms with Gasteiger partial charge in [-0.3, -0.25) is 9.69 Å². The molecule has 1 amide bonds. The van der Waals surface area contributed by atoms with E-state index < -0.39 is 0 Å². The summed E-state index contributed by atoms with van der Waals surface area (Å²) < 4.78 is 0. The number of amides is 1. The second kappa shape index (κ2) is 8.28. The van der Waals surface area contributed by atoms with Crippen LogP contribution in [0.2, 0.25) is 0 Å². The lowest BCUT2D eigenvalue weighted by molar-refractivity contribution is -0.133. The third kappa shape index (κ3) is 4.80. The maximum atomic E-state index is 12.0. The van der Waals surface area contributed by atoms with E-state index in [9.17, 15) is 4.79 Å². The third-order valence-corrected chi connectivity index (χ3v) is 4.02. The summed E-state index contributed by atoms with van der Waals surface area (Å²) in [5.74, 6) is 0.937. The highest BCUT2D eigenvalue weighted by Crippen LogP contribution is 2.10. The summed E-state index contributed by atoms with van der Waals surface area (Å²) in [5, 5.41) is 0. The van der Waals surface area contributed by atoms with Crippen LogP contribution in [0.1, 0.15) is 24.8 Å². The topological polar surface area (TPSA) is 23.6 Å². The van der Waals surface area contributed by atoms with E-state index in [2.05, 4.69) is 29.2 Å². The van der Waals surface area contributed by atoms with E-state index in [0.717, 1.165) is 45.6 Å². The number of rotatable bonds is 6. The first-order chi connectivity index (χ1) is 9.79. The van der Waals surface area contributed by atoms with Crippen molar-refractivity contribution in [1.29, 1.82) is 0 Å². The highest BCUT2D eigenvalue weighted by atomic mass is 35.5. The molecule has 0 N–H and O–H groups in total. The first kappa shape index (κ1) is 15.3. The van der Waals surface area contributed by atoms with Gasteiger partial charge in [0.1, 0.15) is 0 Å². The van der Waals surface area contributed by atoms with Gasteiger partial charge in [0.05, 0.1) is 0 Å². The van der Waals surface area contributed by atoms with E-state index in [-0.39, 0.29) is 5.91 Å². The Morgan fingerprint density at radius 1 is 1.05 bits per heavy atom. The zero-order chi connectivity index (χ0) is 14.2. The van der Waals surface area contributed by atoms with Gasteiger partial charge >= 0.3 is 0 Å². The fraction of sp³-hybridized carbons (Fsp3) is 0.562. The van der Waals surface area contributed by atoms with E-state index in [4.69, 9.17) is 11.6 Å². The first-order valence-corrected chi connectivity index (χ1v) is 7.93. The fourth-order valence-corrected chi connectivity index (χ4v) is 2.71. The molecule has 2 rings (SSSR count). The Bertz CT molecular complexity index is 402. The van der Waals surface area contributed by atoms with Crippen LogP contribution in [0.25, 0.3) is 0 Å². The van der Waals surface area contributed by atoms with Crippen LogP contribution in [0.5, 0.6) is 0 Å². The maximum Gasteiger partial charge on any atom is 0.222 e. The third-order valence-electron chi connectivity index (χ3n) is 3.75. The van der Waals surface area contributed by atoms with Crippen LogP contribution in [0.3, 0.4) is 0 Å². The van der Waals surface area contributed by atoms with E-state index >= 15 is 0 Å². The monoisotopic (exact) mass is 294 g/mol. The second-order valence-corrected chi connectivity index (χ2v) is 5.67. The molecule has 0 bridgehead atoms. The van der Waals surface area contributed by atoms with Crippen molar-refractivity contribution < 1.29 is 4.79 Å². The van der Waals surface area contributed by atoms with Gasteiger partial charge in [-0.25, -0.2) is 0 Å². The van der Waals surface area contributed by atoms with Crippen LogP contribution in [-0.2, 0) is 11.3 Å². The Hall–Kier alpha value is -1.06. The molecule has 1 aromatic rings. The van der Waals surface area contributed by atoms with Gasteiger partial charge < -0.3 is 4.90 Å². The number of benzene rings is 1. The number of unbranched alkanes of at least 4 members (excludes halogenated alkanes) is 1. The second-order valence-electron chi connectivity index (χ2n) is 5.29. The van der Waals surface area contributed by atoms with Crippen molar-refractivity contribution in [2.24, 2.45) is 0 Å². The molecular formula is C16H23ClN2O. The summed E-state index contributed by atoms with van der Waals surface area (Å²) in [6.45, 7) is 4.63. The zero-order valence-corrected chi connectivity index (χ0v) is 12.7. The molecule has 0 unspecified atom stereocenters. The standard InChI is InChI=1S/C16H23ClN2O/c17-9-5-4-8-16(20)19-12-10-18(11-13-19)14-15-6-2-1-3-7-15/h1-3,6-7H,4-5,8-14H2. The molecule has 1 heterocycles.